The molecule has 1 aliphatic rings. The number of fused-ring (bicyclic) bond motifs is 3. The molecule has 0 saturated carbocycles. The predicted molar refractivity (Wildman–Crippen MR) is 142 cm³/mol. The van der Waals surface area contributed by atoms with Crippen LogP contribution < -0.4 is 10.3 Å². The van der Waals surface area contributed by atoms with E-state index in [2.05, 4.69) is 6.07 Å². The first-order chi connectivity index (χ1) is 17.6. The summed E-state index contributed by atoms with van der Waals surface area (Å²) >= 11 is 6.53. The normalized spacial score (nSPS) is 12.9. The SMILES string of the molecule is COCCC(C(=O)OC(C)(C)C)n1cc(OC)c(-c2cc3c(cc2C#N)Cc2cccc(Cl)c2-3)cc1=O. The van der Waals surface area contributed by atoms with Gasteiger partial charge in [0.25, 0.3) is 5.56 Å². The average molecular weight is 521 g/mol. The van der Waals surface area contributed by atoms with E-state index in [4.69, 9.17) is 25.8 Å². The highest BCUT2D eigenvalue weighted by molar-refractivity contribution is 6.33. The zero-order valence-electron chi connectivity index (χ0n) is 21.6. The smallest absolute Gasteiger partial charge is 0.329 e. The Bertz CT molecular complexity index is 1460. The van der Waals surface area contributed by atoms with Crippen LogP contribution in [0.15, 0.2) is 47.4 Å². The Labute approximate surface area is 221 Å². The number of nitriles is 1. The minimum atomic E-state index is -0.907. The molecule has 1 aliphatic carbocycles. The number of aromatic nitrogens is 1. The summed E-state index contributed by atoms with van der Waals surface area (Å²) in [4.78, 5) is 26.4. The summed E-state index contributed by atoms with van der Waals surface area (Å²) in [6.07, 6.45) is 2.42. The van der Waals surface area contributed by atoms with Crippen molar-refractivity contribution in [2.45, 2.75) is 45.3 Å². The molecule has 1 atom stereocenters. The van der Waals surface area contributed by atoms with Crippen molar-refractivity contribution >= 4 is 17.6 Å². The van der Waals surface area contributed by atoms with Gasteiger partial charge in [-0.25, -0.2) is 4.79 Å². The van der Waals surface area contributed by atoms with Crippen LogP contribution in [0.3, 0.4) is 0 Å². The summed E-state index contributed by atoms with van der Waals surface area (Å²) < 4.78 is 17.7. The van der Waals surface area contributed by atoms with Crippen LogP contribution in [0.2, 0.25) is 5.02 Å². The van der Waals surface area contributed by atoms with E-state index >= 15 is 0 Å². The Morgan fingerprint density at radius 2 is 1.89 bits per heavy atom. The summed E-state index contributed by atoms with van der Waals surface area (Å²) in [6.45, 7) is 5.56. The lowest BCUT2D eigenvalue weighted by molar-refractivity contribution is -0.159. The predicted octanol–water partition coefficient (Wildman–Crippen LogP) is 5.54. The van der Waals surface area contributed by atoms with Crippen LogP contribution in [-0.2, 0) is 20.7 Å². The van der Waals surface area contributed by atoms with Gasteiger partial charge < -0.3 is 14.2 Å². The van der Waals surface area contributed by atoms with Gasteiger partial charge in [-0.3, -0.25) is 9.36 Å². The highest BCUT2D eigenvalue weighted by Crippen LogP contribution is 2.44. The molecule has 8 heteroatoms. The molecule has 0 saturated heterocycles. The molecule has 4 rings (SSSR count). The molecule has 0 N–H and O–H groups in total. The second-order valence-corrected chi connectivity index (χ2v) is 10.4. The molecule has 0 bridgehead atoms. The molecule has 37 heavy (non-hydrogen) atoms. The number of methoxy groups -OCH3 is 2. The molecule has 0 aliphatic heterocycles. The van der Waals surface area contributed by atoms with Crippen molar-refractivity contribution in [3.05, 3.63) is 74.7 Å². The number of hydrogen-bond donors (Lipinski definition) is 0. The van der Waals surface area contributed by atoms with Gasteiger partial charge >= 0.3 is 5.97 Å². The first-order valence-electron chi connectivity index (χ1n) is 11.9. The van der Waals surface area contributed by atoms with Crippen molar-refractivity contribution in [1.29, 1.82) is 5.26 Å². The van der Waals surface area contributed by atoms with Gasteiger partial charge in [0.1, 0.15) is 17.4 Å². The van der Waals surface area contributed by atoms with Crippen molar-refractivity contribution in [3.63, 3.8) is 0 Å². The second-order valence-electron chi connectivity index (χ2n) is 9.95. The van der Waals surface area contributed by atoms with Crippen LogP contribution in [0.25, 0.3) is 22.3 Å². The second kappa shape index (κ2) is 10.4. The molecule has 7 nitrogen and oxygen atoms in total. The number of halogens is 1. The summed E-state index contributed by atoms with van der Waals surface area (Å²) in [6, 6.07) is 12.2. The van der Waals surface area contributed by atoms with Crippen LogP contribution >= 0.6 is 11.6 Å². The zero-order valence-corrected chi connectivity index (χ0v) is 22.3. The van der Waals surface area contributed by atoms with Gasteiger partial charge in [0.2, 0.25) is 0 Å². The monoisotopic (exact) mass is 520 g/mol. The molecular weight excluding hydrogens is 492 g/mol. The maximum atomic E-state index is 13.4. The quantitative estimate of drug-likeness (QED) is 0.297. The number of carbonyl (C=O) groups excluding carboxylic acids is 1. The van der Waals surface area contributed by atoms with Gasteiger partial charge in [0, 0.05) is 47.9 Å². The van der Waals surface area contributed by atoms with E-state index in [0.717, 1.165) is 22.3 Å². The number of benzene rings is 2. The van der Waals surface area contributed by atoms with Crippen molar-refractivity contribution in [3.8, 4) is 34.1 Å². The molecule has 0 spiro atoms. The minimum absolute atomic E-state index is 0.241. The lowest BCUT2D eigenvalue weighted by atomic mass is 9.94. The van der Waals surface area contributed by atoms with E-state index in [1.54, 1.807) is 20.8 Å². The van der Waals surface area contributed by atoms with Crippen LogP contribution in [-0.4, -0.2) is 37.0 Å². The third kappa shape index (κ3) is 5.27. The van der Waals surface area contributed by atoms with E-state index in [1.165, 1.54) is 31.0 Å². The van der Waals surface area contributed by atoms with E-state index in [9.17, 15) is 14.9 Å². The van der Waals surface area contributed by atoms with E-state index < -0.39 is 23.2 Å². The largest absolute Gasteiger partial charge is 0.495 e. The highest BCUT2D eigenvalue weighted by Gasteiger charge is 2.29. The van der Waals surface area contributed by atoms with Gasteiger partial charge in [0.05, 0.1) is 24.9 Å². The molecule has 1 heterocycles. The molecule has 0 amide bonds. The van der Waals surface area contributed by atoms with E-state index in [0.29, 0.717) is 33.9 Å². The topological polar surface area (TPSA) is 90.5 Å². The minimum Gasteiger partial charge on any atom is -0.495 e. The summed E-state index contributed by atoms with van der Waals surface area (Å²) in [5, 5.41) is 10.6. The maximum Gasteiger partial charge on any atom is 0.329 e. The van der Waals surface area contributed by atoms with E-state index in [1.807, 2.05) is 30.3 Å². The lowest BCUT2D eigenvalue weighted by Gasteiger charge is -2.25. The summed E-state index contributed by atoms with van der Waals surface area (Å²) in [5.41, 5.74) is 4.23. The van der Waals surface area contributed by atoms with Gasteiger partial charge in [0.15, 0.2) is 0 Å². The van der Waals surface area contributed by atoms with Crippen molar-refractivity contribution in [1.82, 2.24) is 4.57 Å². The number of carbonyl (C=O) groups is 1. The van der Waals surface area contributed by atoms with Crippen molar-refractivity contribution in [2.24, 2.45) is 0 Å². The zero-order chi connectivity index (χ0) is 26.9. The number of ether oxygens (including phenoxy) is 3. The fourth-order valence-electron chi connectivity index (χ4n) is 4.68. The van der Waals surface area contributed by atoms with Gasteiger partial charge in [-0.15, -0.1) is 0 Å². The van der Waals surface area contributed by atoms with Gasteiger partial charge in [-0.1, -0.05) is 23.7 Å². The fraction of sp³-hybridized carbons (Fsp3) is 0.345. The van der Waals surface area contributed by atoms with Crippen LogP contribution in [0.5, 0.6) is 5.75 Å². The molecule has 3 aromatic rings. The van der Waals surface area contributed by atoms with Crippen LogP contribution in [0.4, 0.5) is 0 Å². The Kier molecular flexibility index (Phi) is 7.44. The molecule has 1 aromatic heterocycles. The van der Waals surface area contributed by atoms with Gasteiger partial charge in [-0.05, 0) is 62.1 Å². The van der Waals surface area contributed by atoms with Crippen molar-refractivity contribution < 1.29 is 19.0 Å². The Balaban J connectivity index is 1.86. The molecule has 2 aromatic carbocycles. The Morgan fingerprint density at radius 1 is 1.14 bits per heavy atom. The fourth-order valence-corrected chi connectivity index (χ4v) is 4.97. The third-order valence-electron chi connectivity index (χ3n) is 6.28. The molecule has 0 radical (unpaired) electrons. The number of pyridine rings is 1. The average Bonchev–Trinajstić information content (AvgIpc) is 3.21. The third-order valence-corrected chi connectivity index (χ3v) is 6.59. The summed E-state index contributed by atoms with van der Waals surface area (Å²) in [5.74, 6) is -0.192. The number of rotatable bonds is 7. The Hall–Kier alpha value is -3.60. The summed E-state index contributed by atoms with van der Waals surface area (Å²) in [7, 11) is 3.01. The molecule has 0 fully saturated rings. The van der Waals surface area contributed by atoms with Crippen molar-refractivity contribution in [2.75, 3.05) is 20.8 Å². The Morgan fingerprint density at radius 3 is 2.54 bits per heavy atom. The number of esters is 1. The first-order valence-corrected chi connectivity index (χ1v) is 12.3. The van der Waals surface area contributed by atoms with Crippen LogP contribution in [0, 0.1) is 11.3 Å². The number of nitrogens with zero attached hydrogens (tertiary/aromatic N) is 2. The van der Waals surface area contributed by atoms with E-state index in [-0.39, 0.29) is 13.0 Å². The standard InChI is InChI=1S/C29H29ClN2O5/c1-29(2,3)37-28(34)24(9-10-35-4)32-16-25(36-5)22(14-26(32)33)20-13-21-18(12-19(20)15-31)11-17-7-6-8-23(30)27(17)21/h6-8,12-14,16,24H,9-11H2,1-5H3. The maximum absolute atomic E-state index is 13.4. The number of hydrogen-bond acceptors (Lipinski definition) is 6. The lowest BCUT2D eigenvalue weighted by Crippen LogP contribution is -2.35. The first kappa shape index (κ1) is 26.5. The molecular formula is C29H29ClN2O5. The van der Waals surface area contributed by atoms with Crippen LogP contribution in [0.1, 0.15) is 49.9 Å². The molecule has 1 unspecified atom stereocenters. The molecule has 192 valence electrons. The highest BCUT2D eigenvalue weighted by atomic mass is 35.5. The van der Waals surface area contributed by atoms with Gasteiger partial charge in [-0.2, -0.15) is 5.26 Å².